The van der Waals surface area contributed by atoms with Gasteiger partial charge in [-0.1, -0.05) is 0 Å². The lowest BCUT2D eigenvalue weighted by Crippen LogP contribution is -2.57. The molecule has 0 saturated carbocycles. The monoisotopic (exact) mass is 341 g/mol. The molecule has 1 N–H and O–H groups in total. The highest BCUT2D eigenvalue weighted by Crippen LogP contribution is 2.24. The van der Waals surface area contributed by atoms with Gasteiger partial charge in [0, 0.05) is 25.2 Å². The van der Waals surface area contributed by atoms with Crippen molar-refractivity contribution in [2.24, 2.45) is 4.99 Å². The highest BCUT2D eigenvalue weighted by atomic mass is 32.2. The van der Waals surface area contributed by atoms with Gasteiger partial charge >= 0.3 is 0 Å². The summed E-state index contributed by atoms with van der Waals surface area (Å²) >= 11 is 0. The highest BCUT2D eigenvalue weighted by molar-refractivity contribution is 7.92. The summed E-state index contributed by atoms with van der Waals surface area (Å²) in [6.07, 6.45) is 0. The van der Waals surface area contributed by atoms with Gasteiger partial charge < -0.3 is 14.6 Å². The first-order valence-corrected chi connectivity index (χ1v) is 9.63. The molecule has 1 aromatic heterocycles. The first kappa shape index (κ1) is 17.8. The summed E-state index contributed by atoms with van der Waals surface area (Å²) < 4.78 is 29.1. The molecule has 7 heteroatoms. The average molecular weight is 341 g/mol. The Morgan fingerprint density at radius 1 is 1.43 bits per heavy atom. The molecule has 0 amide bonds. The van der Waals surface area contributed by atoms with Gasteiger partial charge in [-0.2, -0.15) is 0 Å². The van der Waals surface area contributed by atoms with E-state index >= 15 is 0 Å². The number of aryl methyl sites for hydroxylation is 2. The second-order valence-electron chi connectivity index (χ2n) is 6.61. The first-order chi connectivity index (χ1) is 10.7. The number of furan rings is 1. The fourth-order valence-corrected chi connectivity index (χ4v) is 4.12. The van der Waals surface area contributed by atoms with E-state index in [1.54, 1.807) is 13.8 Å². The maximum Gasteiger partial charge on any atom is 0.194 e. The minimum absolute atomic E-state index is 0.161. The van der Waals surface area contributed by atoms with Gasteiger partial charge in [-0.3, -0.25) is 0 Å². The third-order valence-corrected chi connectivity index (χ3v) is 6.75. The van der Waals surface area contributed by atoms with Crippen LogP contribution in [0.3, 0.4) is 0 Å². The second kappa shape index (κ2) is 6.55. The quantitative estimate of drug-likeness (QED) is 0.671. The topological polar surface area (TPSA) is 74.9 Å². The minimum atomic E-state index is -3.05. The van der Waals surface area contributed by atoms with Crippen LogP contribution in [0.2, 0.25) is 0 Å². The average Bonchev–Trinajstić information content (AvgIpc) is 2.76. The summed E-state index contributed by atoms with van der Waals surface area (Å²) in [5, 5.41) is 3.26. The van der Waals surface area contributed by atoms with Gasteiger partial charge in [-0.15, -0.1) is 0 Å². The molecule has 0 spiro atoms. The van der Waals surface area contributed by atoms with Crippen molar-refractivity contribution in [3.8, 4) is 0 Å². The first-order valence-electron chi connectivity index (χ1n) is 7.98. The summed E-state index contributed by atoms with van der Waals surface area (Å²) in [6, 6.07) is 1.99. The Bertz CT molecular complexity index is 689. The second-order valence-corrected chi connectivity index (χ2v) is 9.35. The van der Waals surface area contributed by atoms with E-state index in [1.807, 2.05) is 31.7 Å². The van der Waals surface area contributed by atoms with E-state index in [9.17, 15) is 8.42 Å². The fraction of sp³-hybridized carbons (Fsp3) is 0.688. The third-order valence-electron chi connectivity index (χ3n) is 4.22. The van der Waals surface area contributed by atoms with E-state index in [0.717, 1.165) is 29.6 Å². The SMILES string of the molecule is CCNC(=NCc1cc(C)oc1C)N1CCS(=O)(=O)C(C)(C)C1. The molecular formula is C16H27N3O3S. The maximum atomic E-state index is 12.2. The molecule has 1 aliphatic heterocycles. The molecule has 0 aliphatic carbocycles. The zero-order valence-corrected chi connectivity index (χ0v) is 15.5. The van der Waals surface area contributed by atoms with Crippen molar-refractivity contribution >= 4 is 15.8 Å². The summed E-state index contributed by atoms with van der Waals surface area (Å²) in [5.41, 5.74) is 1.06. The summed E-state index contributed by atoms with van der Waals surface area (Å²) in [6.45, 7) is 11.6. The summed E-state index contributed by atoms with van der Waals surface area (Å²) in [5.74, 6) is 2.68. The normalized spacial score (nSPS) is 20.6. The van der Waals surface area contributed by atoms with E-state index in [0.29, 0.717) is 19.6 Å². The molecular weight excluding hydrogens is 314 g/mol. The van der Waals surface area contributed by atoms with Crippen LogP contribution in [0.5, 0.6) is 0 Å². The molecule has 23 heavy (non-hydrogen) atoms. The number of sulfone groups is 1. The molecule has 0 atom stereocenters. The standard InChI is InChI=1S/C16H27N3O3S/c1-6-17-15(18-10-14-9-12(2)22-13(14)3)19-7-8-23(20,21)16(4,5)11-19/h9H,6-8,10-11H2,1-5H3,(H,17,18). The molecule has 0 radical (unpaired) electrons. The Kier molecular flexibility index (Phi) is 5.08. The number of hydrogen-bond acceptors (Lipinski definition) is 4. The molecule has 2 rings (SSSR count). The molecule has 0 unspecified atom stereocenters. The number of aliphatic imine (C=N–C) groups is 1. The Morgan fingerprint density at radius 3 is 2.65 bits per heavy atom. The van der Waals surface area contributed by atoms with Gasteiger partial charge in [0.15, 0.2) is 15.8 Å². The zero-order chi connectivity index (χ0) is 17.3. The van der Waals surface area contributed by atoms with Crippen LogP contribution >= 0.6 is 0 Å². The van der Waals surface area contributed by atoms with E-state index < -0.39 is 14.6 Å². The van der Waals surface area contributed by atoms with Crippen molar-refractivity contribution in [1.29, 1.82) is 0 Å². The Labute approximate surface area is 138 Å². The lowest BCUT2D eigenvalue weighted by atomic mass is 10.2. The van der Waals surface area contributed by atoms with Gasteiger partial charge in [-0.05, 0) is 40.7 Å². The Balaban J connectivity index is 2.18. The van der Waals surface area contributed by atoms with Crippen LogP contribution in [-0.2, 0) is 16.4 Å². The van der Waals surface area contributed by atoms with Gasteiger partial charge in [0.25, 0.3) is 0 Å². The van der Waals surface area contributed by atoms with Crippen LogP contribution in [-0.4, -0.2) is 49.4 Å². The molecule has 1 aromatic rings. The van der Waals surface area contributed by atoms with E-state index in [2.05, 4.69) is 10.3 Å². The molecule has 2 heterocycles. The van der Waals surface area contributed by atoms with Crippen molar-refractivity contribution in [2.75, 3.05) is 25.4 Å². The number of nitrogens with zero attached hydrogens (tertiary/aromatic N) is 2. The van der Waals surface area contributed by atoms with Gasteiger partial charge in [0.05, 0.1) is 17.0 Å². The Hall–Kier alpha value is -1.50. The smallest absolute Gasteiger partial charge is 0.194 e. The lowest BCUT2D eigenvalue weighted by molar-refractivity contribution is 0.353. The van der Waals surface area contributed by atoms with Gasteiger partial charge in [0.2, 0.25) is 0 Å². The van der Waals surface area contributed by atoms with Gasteiger partial charge in [0.1, 0.15) is 11.5 Å². The van der Waals surface area contributed by atoms with Crippen molar-refractivity contribution in [3.05, 3.63) is 23.2 Å². The molecule has 130 valence electrons. The minimum Gasteiger partial charge on any atom is -0.466 e. The molecule has 1 fully saturated rings. The van der Waals surface area contributed by atoms with Crippen LogP contribution in [0, 0.1) is 13.8 Å². The molecule has 0 aromatic carbocycles. The van der Waals surface area contributed by atoms with Crippen LogP contribution in [0.15, 0.2) is 15.5 Å². The van der Waals surface area contributed by atoms with Crippen LogP contribution in [0.4, 0.5) is 0 Å². The number of guanidine groups is 1. The van der Waals surface area contributed by atoms with E-state index in [1.165, 1.54) is 0 Å². The van der Waals surface area contributed by atoms with Crippen molar-refractivity contribution in [1.82, 2.24) is 10.2 Å². The highest BCUT2D eigenvalue weighted by Gasteiger charge is 2.40. The molecule has 1 saturated heterocycles. The van der Waals surface area contributed by atoms with Gasteiger partial charge in [-0.25, -0.2) is 13.4 Å². The third kappa shape index (κ3) is 3.88. The lowest BCUT2D eigenvalue weighted by Gasteiger charge is -2.39. The summed E-state index contributed by atoms with van der Waals surface area (Å²) in [7, 11) is -3.05. The molecule has 0 bridgehead atoms. The van der Waals surface area contributed by atoms with Crippen LogP contribution in [0.25, 0.3) is 0 Å². The zero-order valence-electron chi connectivity index (χ0n) is 14.6. The van der Waals surface area contributed by atoms with Crippen molar-refractivity contribution < 1.29 is 12.8 Å². The molecule has 6 nitrogen and oxygen atoms in total. The van der Waals surface area contributed by atoms with Crippen LogP contribution in [0.1, 0.15) is 37.9 Å². The number of rotatable bonds is 3. The number of hydrogen-bond donors (Lipinski definition) is 1. The van der Waals surface area contributed by atoms with Crippen molar-refractivity contribution in [3.63, 3.8) is 0 Å². The maximum absolute atomic E-state index is 12.2. The van der Waals surface area contributed by atoms with Crippen molar-refractivity contribution in [2.45, 2.75) is 45.9 Å². The van der Waals surface area contributed by atoms with E-state index in [-0.39, 0.29) is 5.75 Å². The predicted octanol–water partition coefficient (Wildman–Crippen LogP) is 1.87. The fourth-order valence-electron chi connectivity index (χ4n) is 2.75. The summed E-state index contributed by atoms with van der Waals surface area (Å²) in [4.78, 5) is 6.71. The Morgan fingerprint density at radius 2 is 2.13 bits per heavy atom. The number of nitrogens with one attached hydrogen (secondary N) is 1. The largest absolute Gasteiger partial charge is 0.466 e. The predicted molar refractivity (Wildman–Crippen MR) is 92.4 cm³/mol. The van der Waals surface area contributed by atoms with Crippen LogP contribution < -0.4 is 5.32 Å². The van der Waals surface area contributed by atoms with E-state index in [4.69, 9.17) is 4.42 Å². The molecule has 1 aliphatic rings.